The van der Waals surface area contributed by atoms with Gasteiger partial charge in [-0.2, -0.15) is 0 Å². The summed E-state index contributed by atoms with van der Waals surface area (Å²) in [5, 5.41) is 3.21. The summed E-state index contributed by atoms with van der Waals surface area (Å²) >= 11 is 0. The van der Waals surface area contributed by atoms with Crippen molar-refractivity contribution in [1.29, 1.82) is 0 Å². The molecule has 0 aliphatic rings. The molecule has 1 aromatic rings. The van der Waals surface area contributed by atoms with Crippen LogP contribution in [0.4, 0.5) is 0 Å². The van der Waals surface area contributed by atoms with Crippen molar-refractivity contribution in [3.05, 3.63) is 29.8 Å². The first-order valence-corrected chi connectivity index (χ1v) is 4.58. The second kappa shape index (κ2) is 5.31. The Morgan fingerprint density at radius 1 is 1.57 bits per heavy atom. The molecule has 0 fully saturated rings. The van der Waals surface area contributed by atoms with Crippen LogP contribution >= 0.6 is 0 Å². The molecule has 0 bridgehead atoms. The summed E-state index contributed by atoms with van der Waals surface area (Å²) in [7, 11) is 1.67. The lowest BCUT2D eigenvalue weighted by Gasteiger charge is -2.12. The largest absolute Gasteiger partial charge is 0.497 e. The van der Waals surface area contributed by atoms with Gasteiger partial charge < -0.3 is 4.74 Å². The number of hydrogen-bond donors (Lipinski definition) is 1. The summed E-state index contributed by atoms with van der Waals surface area (Å²) in [5.41, 5.74) is 1.18. The van der Waals surface area contributed by atoms with Crippen molar-refractivity contribution in [3.63, 3.8) is 0 Å². The fourth-order valence-corrected chi connectivity index (χ4v) is 1.24. The van der Waals surface area contributed by atoms with Gasteiger partial charge in [-0.1, -0.05) is 18.1 Å². The monoisotopic (exact) mass is 189 g/mol. The van der Waals surface area contributed by atoms with Crippen LogP contribution in [0.25, 0.3) is 0 Å². The van der Waals surface area contributed by atoms with E-state index in [2.05, 4.69) is 24.2 Å². The zero-order valence-electron chi connectivity index (χ0n) is 8.58. The lowest BCUT2D eigenvalue weighted by atomic mass is 10.1. The predicted molar refractivity (Wildman–Crippen MR) is 58.2 cm³/mol. The highest BCUT2D eigenvalue weighted by atomic mass is 16.5. The topological polar surface area (TPSA) is 21.3 Å². The highest BCUT2D eigenvalue weighted by molar-refractivity contribution is 5.30. The SMILES string of the molecule is C#CCNC(C)c1cccc(OC)c1. The second-order valence-corrected chi connectivity index (χ2v) is 3.08. The number of terminal acetylenes is 1. The smallest absolute Gasteiger partial charge is 0.119 e. The third kappa shape index (κ3) is 2.79. The van der Waals surface area contributed by atoms with E-state index in [0.29, 0.717) is 6.54 Å². The van der Waals surface area contributed by atoms with Crippen molar-refractivity contribution in [3.8, 4) is 18.1 Å². The molecule has 0 saturated heterocycles. The Labute approximate surface area is 85.3 Å². The average Bonchev–Trinajstić information content (AvgIpc) is 2.26. The molecule has 2 nitrogen and oxygen atoms in total. The van der Waals surface area contributed by atoms with Gasteiger partial charge in [-0.05, 0) is 24.6 Å². The number of hydrogen-bond acceptors (Lipinski definition) is 2. The van der Waals surface area contributed by atoms with Crippen LogP contribution in [-0.2, 0) is 0 Å². The van der Waals surface area contributed by atoms with E-state index in [4.69, 9.17) is 11.2 Å². The zero-order chi connectivity index (χ0) is 10.4. The van der Waals surface area contributed by atoms with Gasteiger partial charge in [0.05, 0.1) is 13.7 Å². The molecule has 0 spiro atoms. The third-order valence-electron chi connectivity index (χ3n) is 2.10. The average molecular weight is 189 g/mol. The van der Waals surface area contributed by atoms with Crippen LogP contribution in [0.15, 0.2) is 24.3 Å². The lowest BCUT2D eigenvalue weighted by Crippen LogP contribution is -2.18. The Kier molecular flexibility index (Phi) is 4.03. The minimum Gasteiger partial charge on any atom is -0.497 e. The molecule has 0 aromatic heterocycles. The van der Waals surface area contributed by atoms with Gasteiger partial charge >= 0.3 is 0 Å². The van der Waals surface area contributed by atoms with Gasteiger partial charge in [0.25, 0.3) is 0 Å². The number of nitrogens with one attached hydrogen (secondary N) is 1. The Balaban J connectivity index is 2.70. The summed E-state index contributed by atoms with van der Waals surface area (Å²) < 4.78 is 5.14. The number of benzene rings is 1. The lowest BCUT2D eigenvalue weighted by molar-refractivity contribution is 0.413. The van der Waals surface area contributed by atoms with Crippen molar-refractivity contribution in [2.45, 2.75) is 13.0 Å². The summed E-state index contributed by atoms with van der Waals surface area (Å²) in [4.78, 5) is 0. The van der Waals surface area contributed by atoms with Crippen LogP contribution in [-0.4, -0.2) is 13.7 Å². The van der Waals surface area contributed by atoms with E-state index in [1.165, 1.54) is 5.56 Å². The first-order chi connectivity index (χ1) is 6.77. The minimum absolute atomic E-state index is 0.251. The minimum atomic E-state index is 0.251. The van der Waals surface area contributed by atoms with Crippen LogP contribution in [0, 0.1) is 12.3 Å². The van der Waals surface area contributed by atoms with E-state index in [1.807, 2.05) is 18.2 Å². The molecule has 0 amide bonds. The maximum absolute atomic E-state index is 5.17. The Hall–Kier alpha value is -1.46. The number of rotatable bonds is 4. The standard InChI is InChI=1S/C12H15NO/c1-4-8-13-10(2)11-6-5-7-12(9-11)14-3/h1,5-7,9-10,13H,8H2,2-3H3. The Bertz CT molecular complexity index is 327. The van der Waals surface area contributed by atoms with E-state index < -0.39 is 0 Å². The van der Waals surface area contributed by atoms with Crippen molar-refractivity contribution < 1.29 is 4.74 Å². The van der Waals surface area contributed by atoms with Gasteiger partial charge in [0.2, 0.25) is 0 Å². The Morgan fingerprint density at radius 3 is 3.00 bits per heavy atom. The summed E-state index contributed by atoms with van der Waals surface area (Å²) in [6.07, 6.45) is 5.17. The van der Waals surface area contributed by atoms with Crippen LogP contribution in [0.1, 0.15) is 18.5 Å². The molecule has 0 radical (unpaired) electrons. The van der Waals surface area contributed by atoms with Crippen molar-refractivity contribution in [2.75, 3.05) is 13.7 Å². The summed E-state index contributed by atoms with van der Waals surface area (Å²) in [6.45, 7) is 2.66. The zero-order valence-corrected chi connectivity index (χ0v) is 8.58. The molecular formula is C12H15NO. The molecule has 1 N–H and O–H groups in total. The summed E-state index contributed by atoms with van der Waals surface area (Å²) in [6, 6.07) is 8.21. The molecule has 2 heteroatoms. The fraction of sp³-hybridized carbons (Fsp3) is 0.333. The van der Waals surface area contributed by atoms with Crippen molar-refractivity contribution >= 4 is 0 Å². The molecule has 14 heavy (non-hydrogen) atoms. The van der Waals surface area contributed by atoms with Gasteiger partial charge in [0.1, 0.15) is 5.75 Å². The van der Waals surface area contributed by atoms with E-state index in [1.54, 1.807) is 7.11 Å². The van der Waals surface area contributed by atoms with Crippen LogP contribution in [0.2, 0.25) is 0 Å². The molecule has 1 atom stereocenters. The third-order valence-corrected chi connectivity index (χ3v) is 2.10. The maximum atomic E-state index is 5.17. The molecule has 0 aliphatic carbocycles. The maximum Gasteiger partial charge on any atom is 0.119 e. The van der Waals surface area contributed by atoms with Gasteiger partial charge in [0.15, 0.2) is 0 Å². The van der Waals surface area contributed by atoms with Crippen LogP contribution < -0.4 is 10.1 Å². The second-order valence-electron chi connectivity index (χ2n) is 3.08. The van der Waals surface area contributed by atoms with E-state index in [9.17, 15) is 0 Å². The Morgan fingerprint density at radius 2 is 2.36 bits per heavy atom. The van der Waals surface area contributed by atoms with Crippen LogP contribution in [0.3, 0.4) is 0 Å². The van der Waals surface area contributed by atoms with Gasteiger partial charge in [0, 0.05) is 6.04 Å². The summed E-state index contributed by atoms with van der Waals surface area (Å²) in [5.74, 6) is 3.43. The normalized spacial score (nSPS) is 11.8. The molecule has 0 saturated carbocycles. The van der Waals surface area contributed by atoms with Crippen molar-refractivity contribution in [2.24, 2.45) is 0 Å². The van der Waals surface area contributed by atoms with E-state index in [-0.39, 0.29) is 6.04 Å². The molecule has 1 aromatic carbocycles. The van der Waals surface area contributed by atoms with Gasteiger partial charge in [-0.3, -0.25) is 5.32 Å². The highest BCUT2D eigenvalue weighted by Crippen LogP contribution is 2.18. The number of methoxy groups -OCH3 is 1. The molecule has 1 unspecified atom stereocenters. The van der Waals surface area contributed by atoms with Crippen LogP contribution in [0.5, 0.6) is 5.75 Å². The first kappa shape index (κ1) is 10.6. The quantitative estimate of drug-likeness (QED) is 0.731. The number of ether oxygens (including phenoxy) is 1. The molecular weight excluding hydrogens is 174 g/mol. The van der Waals surface area contributed by atoms with E-state index in [0.717, 1.165) is 5.75 Å². The molecule has 0 heterocycles. The van der Waals surface area contributed by atoms with Gasteiger partial charge in [-0.25, -0.2) is 0 Å². The molecule has 1 rings (SSSR count). The van der Waals surface area contributed by atoms with E-state index >= 15 is 0 Å². The van der Waals surface area contributed by atoms with Crippen molar-refractivity contribution in [1.82, 2.24) is 5.32 Å². The predicted octanol–water partition coefficient (Wildman–Crippen LogP) is 1.98. The molecule has 74 valence electrons. The van der Waals surface area contributed by atoms with Gasteiger partial charge in [-0.15, -0.1) is 6.42 Å². The fourth-order valence-electron chi connectivity index (χ4n) is 1.24. The molecule has 0 aliphatic heterocycles. The first-order valence-electron chi connectivity index (χ1n) is 4.58. The highest BCUT2D eigenvalue weighted by Gasteiger charge is 2.03.